The normalized spacial score (nSPS) is 11.4. The van der Waals surface area contributed by atoms with Gasteiger partial charge in [-0.1, -0.05) is 0 Å². The monoisotopic (exact) mass is 240 g/mol. The summed E-state index contributed by atoms with van der Waals surface area (Å²) in [5.41, 5.74) is 7.54. The van der Waals surface area contributed by atoms with Gasteiger partial charge in [0, 0.05) is 0 Å². The van der Waals surface area contributed by atoms with E-state index in [0.717, 1.165) is 0 Å². The van der Waals surface area contributed by atoms with Gasteiger partial charge in [-0.3, -0.25) is 0 Å². The van der Waals surface area contributed by atoms with Gasteiger partial charge in [0.15, 0.2) is 5.11 Å². The number of hydrogen-bond donors (Lipinski definition) is 2. The summed E-state index contributed by atoms with van der Waals surface area (Å²) in [6, 6.07) is 0. The molecule has 0 atom stereocenters. The molecule has 0 aliphatic carbocycles. The van der Waals surface area contributed by atoms with E-state index in [-0.39, 0.29) is 17.3 Å². The molecule has 84 valence electrons. The third kappa shape index (κ3) is 8.59. The lowest BCUT2D eigenvalue weighted by atomic mass is 10.5. The molecule has 0 aromatic rings. The first-order valence-electron chi connectivity index (χ1n) is 4.28. The minimum absolute atomic E-state index is 0.0213. The predicted octanol–water partition coefficient (Wildman–Crippen LogP) is 1.83. The molecule has 0 spiro atoms. The Kier molecular flexibility index (Phi) is 7.31. The zero-order valence-corrected chi connectivity index (χ0v) is 10.5. The van der Waals surface area contributed by atoms with Crippen LogP contribution in [-0.4, -0.2) is 17.3 Å². The Morgan fingerprint density at radius 2 is 1.64 bits per heavy atom. The van der Waals surface area contributed by atoms with Crippen LogP contribution in [-0.2, 0) is 13.7 Å². The highest BCUT2D eigenvalue weighted by molar-refractivity contribution is 7.80. The smallest absolute Gasteiger partial charge is 0.356 e. The minimum atomic E-state index is -1.45. The van der Waals surface area contributed by atoms with Crippen molar-refractivity contribution in [2.45, 2.75) is 39.9 Å². The summed E-state index contributed by atoms with van der Waals surface area (Å²) in [6.45, 7) is 7.57. The second-order valence-electron chi connectivity index (χ2n) is 3.09. The fourth-order valence-electron chi connectivity index (χ4n) is 0.494. The van der Waals surface area contributed by atoms with E-state index in [4.69, 9.17) is 19.4 Å². The van der Waals surface area contributed by atoms with Crippen molar-refractivity contribution in [3.8, 4) is 0 Å². The molecule has 0 saturated heterocycles. The molecule has 0 aliphatic rings. The van der Waals surface area contributed by atoms with Crippen molar-refractivity contribution in [3.05, 3.63) is 0 Å². The average Bonchev–Trinajstić information content (AvgIpc) is 1.97. The minimum Gasteiger partial charge on any atom is -0.375 e. The Balaban J connectivity index is 3.90. The molecule has 7 heteroatoms. The predicted molar refractivity (Wildman–Crippen MR) is 60.4 cm³/mol. The summed E-state index contributed by atoms with van der Waals surface area (Å²) >= 11 is 4.58. The molecule has 0 aromatic heterocycles. The molecule has 0 radical (unpaired) electrons. The van der Waals surface area contributed by atoms with Gasteiger partial charge in [0.1, 0.15) is 0 Å². The number of rotatable bonds is 6. The summed E-state index contributed by atoms with van der Waals surface area (Å²) < 4.78 is 15.7. The quantitative estimate of drug-likeness (QED) is 0.419. The van der Waals surface area contributed by atoms with Crippen LogP contribution in [0, 0.1) is 0 Å². The molecule has 0 bridgehead atoms. The van der Waals surface area contributed by atoms with E-state index in [2.05, 4.69) is 17.7 Å². The van der Waals surface area contributed by atoms with Gasteiger partial charge >= 0.3 is 8.60 Å². The summed E-state index contributed by atoms with van der Waals surface area (Å²) in [5.74, 6) is 0. The van der Waals surface area contributed by atoms with Crippen molar-refractivity contribution >= 4 is 25.9 Å². The lowest BCUT2D eigenvalue weighted by molar-refractivity contribution is 0.0971. The third-order valence-electron chi connectivity index (χ3n) is 0.815. The van der Waals surface area contributed by atoms with E-state index in [1.54, 1.807) is 0 Å². The van der Waals surface area contributed by atoms with Crippen molar-refractivity contribution in [3.63, 3.8) is 0 Å². The highest BCUT2D eigenvalue weighted by Crippen LogP contribution is 2.40. The lowest BCUT2D eigenvalue weighted by Crippen LogP contribution is -2.28. The molecule has 5 nitrogen and oxygen atoms in total. The topological polar surface area (TPSA) is 65.7 Å². The van der Waals surface area contributed by atoms with Gasteiger partial charge < -0.3 is 14.8 Å². The standard InChI is InChI=1S/C7H17N2O3PS/c1-5(2)10-13(11-6(3)4)12-9-7(8)14/h5-6H,1-4H3,(H3,8,9,14). The summed E-state index contributed by atoms with van der Waals surface area (Å²) in [7, 11) is -1.45. The molecular formula is C7H17N2O3PS. The molecule has 0 aromatic carbocycles. The Morgan fingerprint density at radius 1 is 1.21 bits per heavy atom. The van der Waals surface area contributed by atoms with Crippen LogP contribution in [0.15, 0.2) is 0 Å². The number of thiocarbonyl (C=S) groups is 1. The fourth-order valence-corrected chi connectivity index (χ4v) is 1.59. The van der Waals surface area contributed by atoms with Crippen LogP contribution in [0.25, 0.3) is 0 Å². The Hall–Kier alpha value is 0.00000000000000000694. The lowest BCUT2D eigenvalue weighted by Gasteiger charge is -2.20. The van der Waals surface area contributed by atoms with E-state index in [1.807, 2.05) is 27.7 Å². The summed E-state index contributed by atoms with van der Waals surface area (Å²) in [5, 5.41) is 0.0530. The molecule has 0 saturated carbocycles. The zero-order valence-electron chi connectivity index (χ0n) is 8.81. The van der Waals surface area contributed by atoms with E-state index in [0.29, 0.717) is 0 Å². The van der Waals surface area contributed by atoms with Crippen molar-refractivity contribution in [2.75, 3.05) is 0 Å². The first-order chi connectivity index (χ1) is 6.41. The van der Waals surface area contributed by atoms with Crippen molar-refractivity contribution < 1.29 is 13.7 Å². The summed E-state index contributed by atoms with van der Waals surface area (Å²) in [4.78, 5) is 0. The van der Waals surface area contributed by atoms with Crippen molar-refractivity contribution in [2.24, 2.45) is 5.73 Å². The van der Waals surface area contributed by atoms with Crippen LogP contribution in [0.1, 0.15) is 27.7 Å². The van der Waals surface area contributed by atoms with Gasteiger partial charge in [-0.25, -0.2) is 5.48 Å². The average molecular weight is 240 g/mol. The second kappa shape index (κ2) is 7.31. The number of nitrogens with two attached hydrogens (primary N) is 1. The van der Waals surface area contributed by atoms with E-state index in [1.165, 1.54) is 0 Å². The molecule has 0 aliphatic heterocycles. The fraction of sp³-hybridized carbons (Fsp3) is 0.857. The Labute approximate surface area is 91.2 Å². The van der Waals surface area contributed by atoms with Gasteiger partial charge in [0.25, 0.3) is 0 Å². The molecule has 0 rings (SSSR count). The number of nitrogens with one attached hydrogen (secondary N) is 1. The van der Waals surface area contributed by atoms with Gasteiger partial charge in [0.05, 0.1) is 12.2 Å². The molecule has 3 N–H and O–H groups in total. The summed E-state index contributed by atoms with van der Waals surface area (Å²) in [6.07, 6.45) is 0.0426. The maximum Gasteiger partial charge on any atom is 0.356 e. The zero-order chi connectivity index (χ0) is 11.1. The van der Waals surface area contributed by atoms with E-state index >= 15 is 0 Å². The second-order valence-corrected chi connectivity index (χ2v) is 4.58. The van der Waals surface area contributed by atoms with Crippen LogP contribution in [0.4, 0.5) is 0 Å². The molecule has 0 fully saturated rings. The van der Waals surface area contributed by atoms with Gasteiger partial charge in [-0.05, 0) is 39.9 Å². The maximum absolute atomic E-state index is 5.35. The van der Waals surface area contributed by atoms with Gasteiger partial charge in [-0.2, -0.15) is 4.62 Å². The third-order valence-corrected chi connectivity index (χ3v) is 2.33. The van der Waals surface area contributed by atoms with E-state index < -0.39 is 8.60 Å². The first-order valence-corrected chi connectivity index (χ1v) is 5.78. The Bertz CT molecular complexity index is 170. The van der Waals surface area contributed by atoms with Crippen LogP contribution in [0.3, 0.4) is 0 Å². The first kappa shape index (κ1) is 14.0. The van der Waals surface area contributed by atoms with Gasteiger partial charge in [-0.15, -0.1) is 0 Å². The highest BCUT2D eigenvalue weighted by Gasteiger charge is 2.17. The van der Waals surface area contributed by atoms with Crippen LogP contribution in [0.5, 0.6) is 0 Å². The number of hydroxylamine groups is 1. The van der Waals surface area contributed by atoms with Crippen molar-refractivity contribution in [1.82, 2.24) is 5.48 Å². The molecule has 14 heavy (non-hydrogen) atoms. The van der Waals surface area contributed by atoms with Crippen LogP contribution in [0.2, 0.25) is 0 Å². The molecule has 0 amide bonds. The van der Waals surface area contributed by atoms with E-state index in [9.17, 15) is 0 Å². The largest absolute Gasteiger partial charge is 0.375 e. The van der Waals surface area contributed by atoms with Crippen LogP contribution >= 0.6 is 20.8 Å². The van der Waals surface area contributed by atoms with Crippen LogP contribution < -0.4 is 11.2 Å². The highest BCUT2D eigenvalue weighted by atomic mass is 32.1. The molecule has 0 unspecified atom stereocenters. The Morgan fingerprint density at radius 3 is 1.93 bits per heavy atom. The number of hydrogen-bond acceptors (Lipinski definition) is 4. The molecular weight excluding hydrogens is 223 g/mol. The van der Waals surface area contributed by atoms with Gasteiger partial charge in [0.2, 0.25) is 0 Å². The maximum atomic E-state index is 5.35. The van der Waals surface area contributed by atoms with Crippen molar-refractivity contribution in [1.29, 1.82) is 0 Å². The molecule has 0 heterocycles. The SMILES string of the molecule is CC(C)OP(ONC(N)=S)OC(C)C.